The SMILES string of the molecule is Cc1nc(Cl)c(N(Cc2cccs2)C2CC2)nc1C. The van der Waals surface area contributed by atoms with Gasteiger partial charge in [-0.15, -0.1) is 11.3 Å². The van der Waals surface area contributed by atoms with E-state index in [-0.39, 0.29) is 0 Å². The molecule has 0 N–H and O–H groups in total. The molecule has 100 valence electrons. The minimum absolute atomic E-state index is 0.520. The number of hydrogen-bond acceptors (Lipinski definition) is 4. The number of hydrogen-bond donors (Lipinski definition) is 0. The fourth-order valence-electron chi connectivity index (χ4n) is 2.08. The van der Waals surface area contributed by atoms with Crippen molar-refractivity contribution in [2.45, 2.75) is 39.3 Å². The van der Waals surface area contributed by atoms with Crippen molar-refractivity contribution >= 4 is 28.8 Å². The number of nitrogens with zero attached hydrogens (tertiary/aromatic N) is 3. The molecule has 2 aromatic rings. The zero-order valence-corrected chi connectivity index (χ0v) is 12.6. The molecule has 0 aliphatic heterocycles. The maximum atomic E-state index is 6.30. The van der Waals surface area contributed by atoms with Crippen LogP contribution in [0.25, 0.3) is 0 Å². The molecule has 1 fully saturated rings. The van der Waals surface area contributed by atoms with Crippen molar-refractivity contribution in [1.82, 2.24) is 9.97 Å². The molecular weight excluding hydrogens is 278 g/mol. The number of aromatic nitrogens is 2. The first kappa shape index (κ1) is 12.9. The van der Waals surface area contributed by atoms with E-state index < -0.39 is 0 Å². The van der Waals surface area contributed by atoms with E-state index in [4.69, 9.17) is 11.6 Å². The number of aryl methyl sites for hydroxylation is 2. The van der Waals surface area contributed by atoms with Crippen molar-refractivity contribution in [2.75, 3.05) is 4.90 Å². The number of halogens is 1. The molecule has 0 unspecified atom stereocenters. The molecule has 5 heteroatoms. The van der Waals surface area contributed by atoms with Gasteiger partial charge in [-0.05, 0) is 38.1 Å². The van der Waals surface area contributed by atoms with Crippen molar-refractivity contribution in [2.24, 2.45) is 0 Å². The number of thiophene rings is 1. The molecule has 3 nitrogen and oxygen atoms in total. The average molecular weight is 294 g/mol. The summed E-state index contributed by atoms with van der Waals surface area (Å²) in [6, 6.07) is 4.80. The van der Waals surface area contributed by atoms with E-state index in [1.54, 1.807) is 11.3 Å². The zero-order valence-electron chi connectivity index (χ0n) is 11.1. The van der Waals surface area contributed by atoms with Crippen LogP contribution in [0.2, 0.25) is 5.15 Å². The maximum Gasteiger partial charge on any atom is 0.171 e. The van der Waals surface area contributed by atoms with Gasteiger partial charge in [0.1, 0.15) is 0 Å². The van der Waals surface area contributed by atoms with Crippen LogP contribution in [0.4, 0.5) is 5.82 Å². The highest BCUT2D eigenvalue weighted by atomic mass is 35.5. The highest BCUT2D eigenvalue weighted by Crippen LogP contribution is 2.35. The quantitative estimate of drug-likeness (QED) is 0.854. The molecule has 1 aliphatic rings. The summed E-state index contributed by atoms with van der Waals surface area (Å²) in [4.78, 5) is 12.7. The first-order valence-electron chi connectivity index (χ1n) is 6.45. The van der Waals surface area contributed by atoms with Crippen LogP contribution in [0.5, 0.6) is 0 Å². The Morgan fingerprint density at radius 3 is 2.68 bits per heavy atom. The first-order chi connectivity index (χ1) is 9.15. The molecule has 0 bridgehead atoms. The van der Waals surface area contributed by atoms with Gasteiger partial charge in [0.25, 0.3) is 0 Å². The van der Waals surface area contributed by atoms with Crippen LogP contribution < -0.4 is 4.90 Å². The Hall–Kier alpha value is -1.13. The Kier molecular flexibility index (Phi) is 3.46. The van der Waals surface area contributed by atoms with Gasteiger partial charge in [0, 0.05) is 10.9 Å². The molecule has 0 aromatic carbocycles. The molecule has 1 saturated carbocycles. The van der Waals surface area contributed by atoms with E-state index >= 15 is 0 Å². The molecule has 0 atom stereocenters. The Bertz CT molecular complexity index is 579. The van der Waals surface area contributed by atoms with Gasteiger partial charge in [0.05, 0.1) is 17.9 Å². The van der Waals surface area contributed by atoms with Crippen LogP contribution in [-0.2, 0) is 6.54 Å². The molecule has 0 saturated heterocycles. The Balaban J connectivity index is 1.94. The van der Waals surface area contributed by atoms with E-state index in [0.717, 1.165) is 23.8 Å². The monoisotopic (exact) mass is 293 g/mol. The predicted octanol–water partition coefficient (Wildman–Crippen LogP) is 3.98. The topological polar surface area (TPSA) is 29.0 Å². The first-order valence-corrected chi connectivity index (χ1v) is 7.70. The van der Waals surface area contributed by atoms with Crippen LogP contribution in [-0.4, -0.2) is 16.0 Å². The Morgan fingerprint density at radius 2 is 2.05 bits per heavy atom. The van der Waals surface area contributed by atoms with Crippen LogP contribution in [0, 0.1) is 13.8 Å². The van der Waals surface area contributed by atoms with Crippen molar-refractivity contribution in [1.29, 1.82) is 0 Å². The highest BCUT2D eigenvalue weighted by Gasteiger charge is 2.32. The summed E-state index contributed by atoms with van der Waals surface area (Å²) in [5.74, 6) is 0.834. The lowest BCUT2D eigenvalue weighted by molar-refractivity contribution is 0.776. The molecule has 0 amide bonds. The maximum absolute atomic E-state index is 6.30. The van der Waals surface area contributed by atoms with Crippen molar-refractivity contribution in [3.05, 3.63) is 38.9 Å². The standard InChI is InChI=1S/C14H16ClN3S/c1-9-10(2)17-14(13(15)16-9)18(11-5-6-11)8-12-4-3-7-19-12/h3-4,7,11H,5-6,8H2,1-2H3. The number of anilines is 1. The van der Waals surface area contributed by atoms with Gasteiger partial charge < -0.3 is 4.90 Å². The summed E-state index contributed by atoms with van der Waals surface area (Å²) in [6.45, 7) is 4.80. The lowest BCUT2D eigenvalue weighted by atomic mass is 10.3. The van der Waals surface area contributed by atoms with Gasteiger partial charge in [-0.2, -0.15) is 0 Å². The molecule has 2 heterocycles. The molecular formula is C14H16ClN3S. The summed E-state index contributed by atoms with van der Waals surface area (Å²) >= 11 is 8.07. The third-order valence-corrected chi connectivity index (χ3v) is 4.53. The summed E-state index contributed by atoms with van der Waals surface area (Å²) < 4.78 is 0. The molecule has 3 rings (SSSR count). The normalized spacial score (nSPS) is 14.7. The fourth-order valence-corrected chi connectivity index (χ4v) is 3.06. The fraction of sp³-hybridized carbons (Fsp3) is 0.429. The van der Waals surface area contributed by atoms with Gasteiger partial charge in [0.15, 0.2) is 11.0 Å². The molecule has 19 heavy (non-hydrogen) atoms. The zero-order chi connectivity index (χ0) is 13.4. The van der Waals surface area contributed by atoms with Crippen LogP contribution in [0.1, 0.15) is 29.1 Å². The lowest BCUT2D eigenvalue weighted by Crippen LogP contribution is -2.26. The van der Waals surface area contributed by atoms with E-state index in [1.165, 1.54) is 17.7 Å². The summed E-state index contributed by atoms with van der Waals surface area (Å²) in [6.07, 6.45) is 2.44. The minimum Gasteiger partial charge on any atom is -0.346 e. The lowest BCUT2D eigenvalue weighted by Gasteiger charge is -2.24. The van der Waals surface area contributed by atoms with Crippen LogP contribution in [0.3, 0.4) is 0 Å². The minimum atomic E-state index is 0.520. The van der Waals surface area contributed by atoms with Gasteiger partial charge >= 0.3 is 0 Å². The van der Waals surface area contributed by atoms with Crippen LogP contribution in [0.15, 0.2) is 17.5 Å². The third kappa shape index (κ3) is 2.74. The van der Waals surface area contributed by atoms with Crippen molar-refractivity contribution in [3.8, 4) is 0 Å². The van der Waals surface area contributed by atoms with Gasteiger partial charge in [-0.3, -0.25) is 0 Å². The predicted molar refractivity (Wildman–Crippen MR) is 80.0 cm³/mol. The average Bonchev–Trinajstić information content (AvgIpc) is 3.09. The van der Waals surface area contributed by atoms with Crippen molar-refractivity contribution < 1.29 is 0 Å². The second-order valence-corrected chi connectivity index (χ2v) is 6.34. The van der Waals surface area contributed by atoms with Gasteiger partial charge in [-0.25, -0.2) is 9.97 Å². The van der Waals surface area contributed by atoms with E-state index in [2.05, 4.69) is 32.4 Å². The Labute approximate surface area is 122 Å². The smallest absolute Gasteiger partial charge is 0.171 e. The number of rotatable bonds is 4. The van der Waals surface area contributed by atoms with Crippen LogP contribution >= 0.6 is 22.9 Å². The summed E-state index contributed by atoms with van der Waals surface area (Å²) in [5.41, 5.74) is 1.86. The van der Waals surface area contributed by atoms with Crippen molar-refractivity contribution in [3.63, 3.8) is 0 Å². The molecule has 2 aromatic heterocycles. The molecule has 1 aliphatic carbocycles. The molecule has 0 radical (unpaired) electrons. The summed E-state index contributed by atoms with van der Waals surface area (Å²) in [5, 5.41) is 2.63. The largest absolute Gasteiger partial charge is 0.346 e. The van der Waals surface area contributed by atoms with E-state index in [0.29, 0.717) is 11.2 Å². The van der Waals surface area contributed by atoms with Gasteiger partial charge in [-0.1, -0.05) is 17.7 Å². The summed E-state index contributed by atoms with van der Waals surface area (Å²) in [7, 11) is 0. The second kappa shape index (κ2) is 5.10. The van der Waals surface area contributed by atoms with E-state index in [9.17, 15) is 0 Å². The van der Waals surface area contributed by atoms with Gasteiger partial charge in [0.2, 0.25) is 0 Å². The second-order valence-electron chi connectivity index (χ2n) is 4.95. The highest BCUT2D eigenvalue weighted by molar-refractivity contribution is 7.09. The Morgan fingerprint density at radius 1 is 1.32 bits per heavy atom. The van der Waals surface area contributed by atoms with E-state index in [1.807, 2.05) is 13.8 Å². The third-order valence-electron chi connectivity index (χ3n) is 3.41. The molecule has 0 spiro atoms.